The molecule has 0 aromatic rings. The quantitative estimate of drug-likeness (QED) is 0.750. The summed E-state index contributed by atoms with van der Waals surface area (Å²) >= 11 is 0. The maximum atomic E-state index is 5.44. The molecule has 1 saturated carbocycles. The van der Waals surface area contributed by atoms with Crippen LogP contribution in [0.1, 0.15) is 12.8 Å². The van der Waals surface area contributed by atoms with Crippen LogP contribution in [0.5, 0.6) is 0 Å². The van der Waals surface area contributed by atoms with Crippen molar-refractivity contribution in [2.45, 2.75) is 12.8 Å². The molecule has 56 valence electrons. The largest absolute Gasteiger partial charge is 2.00 e. The van der Waals surface area contributed by atoms with Crippen LogP contribution in [0.15, 0.2) is 0 Å². The number of nitrogens with two attached hydrogens (primary N) is 2. The fourth-order valence-corrected chi connectivity index (χ4v) is 1.26. The second-order valence-corrected chi connectivity index (χ2v) is 2.57. The zero-order valence-corrected chi connectivity index (χ0v) is 7.73. The Morgan fingerprint density at radius 1 is 1.00 bits per heavy atom. The summed E-state index contributed by atoms with van der Waals surface area (Å²) in [6.45, 7) is 1.67. The molecular formula is C6H14N2Pt+2. The van der Waals surface area contributed by atoms with Gasteiger partial charge in [0.1, 0.15) is 0 Å². The Hall–Kier alpha value is 0.608. The second-order valence-electron chi connectivity index (χ2n) is 2.57. The van der Waals surface area contributed by atoms with Crippen molar-refractivity contribution in [2.75, 3.05) is 13.1 Å². The summed E-state index contributed by atoms with van der Waals surface area (Å²) in [5.41, 5.74) is 10.9. The summed E-state index contributed by atoms with van der Waals surface area (Å²) < 4.78 is 0. The topological polar surface area (TPSA) is 52.0 Å². The van der Waals surface area contributed by atoms with E-state index in [4.69, 9.17) is 11.5 Å². The fourth-order valence-electron chi connectivity index (χ4n) is 1.26. The van der Waals surface area contributed by atoms with Gasteiger partial charge < -0.3 is 11.5 Å². The van der Waals surface area contributed by atoms with Crippen LogP contribution in [-0.2, 0) is 21.1 Å². The Bertz CT molecular complexity index is 63.5. The Morgan fingerprint density at radius 3 is 1.44 bits per heavy atom. The van der Waals surface area contributed by atoms with Gasteiger partial charge in [0.05, 0.1) is 0 Å². The van der Waals surface area contributed by atoms with E-state index in [-0.39, 0.29) is 21.1 Å². The maximum Gasteiger partial charge on any atom is 2.00 e. The van der Waals surface area contributed by atoms with E-state index in [0.717, 1.165) is 24.9 Å². The predicted octanol–water partition coefficient (Wildman–Crippen LogP) is -0.0725. The van der Waals surface area contributed by atoms with E-state index in [1.807, 2.05) is 0 Å². The zero-order valence-electron chi connectivity index (χ0n) is 5.45. The van der Waals surface area contributed by atoms with Crippen LogP contribution in [-0.4, -0.2) is 13.1 Å². The first kappa shape index (κ1) is 9.61. The van der Waals surface area contributed by atoms with Crippen molar-refractivity contribution in [3.05, 3.63) is 0 Å². The van der Waals surface area contributed by atoms with E-state index < -0.39 is 0 Å². The van der Waals surface area contributed by atoms with Crippen molar-refractivity contribution in [3.8, 4) is 0 Å². The van der Waals surface area contributed by atoms with E-state index in [1.165, 1.54) is 12.8 Å². The third kappa shape index (κ3) is 2.03. The molecule has 0 saturated heterocycles. The molecule has 0 heterocycles. The molecule has 0 aromatic carbocycles. The molecule has 1 aliphatic rings. The van der Waals surface area contributed by atoms with Crippen LogP contribution in [0.3, 0.4) is 0 Å². The van der Waals surface area contributed by atoms with Gasteiger partial charge in [0.2, 0.25) is 0 Å². The van der Waals surface area contributed by atoms with Crippen LogP contribution in [0.4, 0.5) is 0 Å². The van der Waals surface area contributed by atoms with Gasteiger partial charge in [-0.25, -0.2) is 0 Å². The average molecular weight is 309 g/mol. The predicted molar refractivity (Wildman–Crippen MR) is 34.3 cm³/mol. The second kappa shape index (κ2) is 4.43. The van der Waals surface area contributed by atoms with Crippen molar-refractivity contribution in [2.24, 2.45) is 23.3 Å². The molecular weight excluding hydrogens is 295 g/mol. The van der Waals surface area contributed by atoms with Gasteiger partial charge in [-0.3, -0.25) is 0 Å². The Kier molecular flexibility index (Phi) is 4.73. The molecule has 0 spiro atoms. The molecule has 1 aliphatic carbocycles. The molecule has 2 atom stereocenters. The van der Waals surface area contributed by atoms with Crippen molar-refractivity contribution < 1.29 is 21.1 Å². The molecule has 0 aromatic heterocycles. The van der Waals surface area contributed by atoms with E-state index in [2.05, 4.69) is 0 Å². The molecule has 0 bridgehead atoms. The number of rotatable bonds is 2. The third-order valence-electron chi connectivity index (χ3n) is 2.18. The Labute approximate surface area is 70.6 Å². The van der Waals surface area contributed by atoms with Gasteiger partial charge in [-0.05, 0) is 37.8 Å². The molecule has 2 unspecified atom stereocenters. The molecule has 4 N–H and O–H groups in total. The minimum atomic E-state index is 0. The average Bonchev–Trinajstić information content (AvgIpc) is 1.66. The first-order valence-electron chi connectivity index (χ1n) is 3.28. The van der Waals surface area contributed by atoms with E-state index in [9.17, 15) is 0 Å². The molecule has 9 heavy (non-hydrogen) atoms. The van der Waals surface area contributed by atoms with Gasteiger partial charge in [-0.15, -0.1) is 0 Å². The van der Waals surface area contributed by atoms with Gasteiger partial charge in [0.25, 0.3) is 0 Å². The SMILES string of the molecule is NCC1CCC1CN.[Pt+2]. The maximum absolute atomic E-state index is 5.44. The fraction of sp³-hybridized carbons (Fsp3) is 1.00. The van der Waals surface area contributed by atoms with Gasteiger partial charge in [-0.1, -0.05) is 0 Å². The van der Waals surface area contributed by atoms with Crippen LogP contribution in [0.25, 0.3) is 0 Å². The summed E-state index contributed by atoms with van der Waals surface area (Å²) in [6.07, 6.45) is 2.61. The third-order valence-corrected chi connectivity index (χ3v) is 2.18. The summed E-state index contributed by atoms with van der Waals surface area (Å²) in [6, 6.07) is 0. The molecule has 0 amide bonds. The molecule has 0 aliphatic heterocycles. The zero-order chi connectivity index (χ0) is 5.98. The first-order valence-corrected chi connectivity index (χ1v) is 3.28. The summed E-state index contributed by atoms with van der Waals surface area (Å²) in [4.78, 5) is 0. The molecule has 2 nitrogen and oxygen atoms in total. The minimum Gasteiger partial charge on any atom is -0.330 e. The van der Waals surface area contributed by atoms with Gasteiger partial charge in [0.15, 0.2) is 0 Å². The monoisotopic (exact) mass is 309 g/mol. The van der Waals surface area contributed by atoms with Crippen molar-refractivity contribution in [1.29, 1.82) is 0 Å². The van der Waals surface area contributed by atoms with Crippen LogP contribution in [0, 0.1) is 11.8 Å². The van der Waals surface area contributed by atoms with E-state index >= 15 is 0 Å². The molecule has 3 heteroatoms. The van der Waals surface area contributed by atoms with Gasteiger partial charge >= 0.3 is 21.1 Å². The molecule has 0 radical (unpaired) electrons. The number of hydrogen-bond acceptors (Lipinski definition) is 2. The van der Waals surface area contributed by atoms with E-state index in [1.54, 1.807) is 0 Å². The summed E-state index contributed by atoms with van der Waals surface area (Å²) in [7, 11) is 0. The molecule has 1 rings (SSSR count). The summed E-state index contributed by atoms with van der Waals surface area (Å²) in [5.74, 6) is 1.50. The minimum absolute atomic E-state index is 0. The summed E-state index contributed by atoms with van der Waals surface area (Å²) in [5, 5.41) is 0. The van der Waals surface area contributed by atoms with Crippen LogP contribution in [0.2, 0.25) is 0 Å². The first-order chi connectivity index (χ1) is 3.88. The standard InChI is InChI=1S/C6H14N2.Pt/c7-3-5-1-2-6(5)4-8;/h5-6H,1-4,7-8H2;/q;+2. The Balaban J connectivity index is 0.000000640. The van der Waals surface area contributed by atoms with Gasteiger partial charge in [0, 0.05) is 0 Å². The number of hydrogen-bond donors (Lipinski definition) is 2. The normalized spacial score (nSPS) is 32.7. The molecule has 1 fully saturated rings. The van der Waals surface area contributed by atoms with Gasteiger partial charge in [-0.2, -0.15) is 0 Å². The Morgan fingerprint density at radius 2 is 1.33 bits per heavy atom. The van der Waals surface area contributed by atoms with Crippen molar-refractivity contribution in [3.63, 3.8) is 0 Å². The van der Waals surface area contributed by atoms with Crippen LogP contribution >= 0.6 is 0 Å². The van der Waals surface area contributed by atoms with Crippen LogP contribution < -0.4 is 11.5 Å². The smallest absolute Gasteiger partial charge is 0.330 e. The van der Waals surface area contributed by atoms with E-state index in [0.29, 0.717) is 0 Å². The van der Waals surface area contributed by atoms with Crippen molar-refractivity contribution >= 4 is 0 Å². The van der Waals surface area contributed by atoms with Crippen molar-refractivity contribution in [1.82, 2.24) is 0 Å².